The van der Waals surface area contributed by atoms with Crippen LogP contribution in [0.15, 0.2) is 0 Å². The van der Waals surface area contributed by atoms with Crippen LogP contribution in [0, 0.1) is 5.41 Å². The van der Waals surface area contributed by atoms with Gasteiger partial charge in [-0.2, -0.15) is 0 Å². The van der Waals surface area contributed by atoms with Crippen molar-refractivity contribution in [3.8, 4) is 0 Å². The monoisotopic (exact) mass is 311 g/mol. The summed E-state index contributed by atoms with van der Waals surface area (Å²) in [5, 5.41) is 0. The third-order valence-corrected chi connectivity index (χ3v) is 5.33. The molecule has 0 aromatic heterocycles. The second-order valence-corrected chi connectivity index (χ2v) is 6.78. The first kappa shape index (κ1) is 16.2. The maximum Gasteiger partial charge on any atom is 0.237 e. The number of hydrogen-bond donors (Lipinski definition) is 2. The molecule has 0 unspecified atom stereocenters. The predicted octanol–water partition coefficient (Wildman–Crippen LogP) is 1.48. The van der Waals surface area contributed by atoms with Crippen molar-refractivity contribution in [2.75, 3.05) is 6.54 Å². The molecule has 0 aliphatic heterocycles. The first-order valence-electron chi connectivity index (χ1n) is 7.86. The predicted molar refractivity (Wildman–Crippen MR) is 85.5 cm³/mol. The topological polar surface area (TPSA) is 89.4 Å². The van der Waals surface area contributed by atoms with Crippen molar-refractivity contribution in [3.63, 3.8) is 0 Å². The van der Waals surface area contributed by atoms with Crippen LogP contribution in [-0.2, 0) is 9.59 Å². The molecule has 2 saturated carbocycles. The molecule has 118 valence electrons. The average Bonchev–Trinajstić information content (AvgIpc) is 2.98. The lowest BCUT2D eigenvalue weighted by molar-refractivity contribution is -0.144. The zero-order valence-corrected chi connectivity index (χ0v) is 13.3. The van der Waals surface area contributed by atoms with Gasteiger partial charge in [0.1, 0.15) is 0 Å². The van der Waals surface area contributed by atoms with Crippen molar-refractivity contribution in [1.82, 2.24) is 4.90 Å². The molecular weight excluding hydrogens is 286 g/mol. The van der Waals surface area contributed by atoms with E-state index in [1.807, 2.05) is 0 Å². The van der Waals surface area contributed by atoms with Crippen LogP contribution in [0.1, 0.15) is 57.8 Å². The van der Waals surface area contributed by atoms with Crippen LogP contribution < -0.4 is 11.5 Å². The fourth-order valence-electron chi connectivity index (χ4n) is 3.75. The Labute approximate surface area is 131 Å². The SMILES string of the molecule is NC(=O)CN(C(=O)C1(C(N)=S)CCCCC1)C1CCCC1. The maximum atomic E-state index is 13.1. The Morgan fingerprint density at radius 3 is 2.10 bits per heavy atom. The minimum Gasteiger partial charge on any atom is -0.392 e. The molecule has 21 heavy (non-hydrogen) atoms. The number of thiocarbonyl (C=S) groups is 1. The number of carbonyl (C=O) groups is 2. The van der Waals surface area contributed by atoms with Crippen LogP contribution in [0.25, 0.3) is 0 Å². The van der Waals surface area contributed by atoms with Gasteiger partial charge in [0.2, 0.25) is 11.8 Å². The Bertz CT molecular complexity index is 427. The molecule has 6 heteroatoms. The van der Waals surface area contributed by atoms with E-state index in [0.717, 1.165) is 44.9 Å². The second kappa shape index (κ2) is 6.73. The summed E-state index contributed by atoms with van der Waals surface area (Å²) in [6, 6.07) is 0.109. The fraction of sp³-hybridized carbons (Fsp3) is 0.800. The molecule has 2 amide bonds. The molecule has 0 spiro atoms. The van der Waals surface area contributed by atoms with E-state index in [4.69, 9.17) is 23.7 Å². The smallest absolute Gasteiger partial charge is 0.237 e. The molecule has 0 saturated heterocycles. The van der Waals surface area contributed by atoms with Gasteiger partial charge in [-0.15, -0.1) is 0 Å². The Balaban J connectivity index is 2.25. The summed E-state index contributed by atoms with van der Waals surface area (Å²) in [7, 11) is 0. The van der Waals surface area contributed by atoms with Gasteiger partial charge in [-0.25, -0.2) is 0 Å². The van der Waals surface area contributed by atoms with Crippen molar-refractivity contribution in [3.05, 3.63) is 0 Å². The number of hydrogen-bond acceptors (Lipinski definition) is 3. The van der Waals surface area contributed by atoms with Crippen molar-refractivity contribution in [2.45, 2.75) is 63.8 Å². The number of rotatable bonds is 5. The van der Waals surface area contributed by atoms with E-state index in [0.29, 0.717) is 12.8 Å². The summed E-state index contributed by atoms with van der Waals surface area (Å²) >= 11 is 5.23. The Morgan fingerprint density at radius 2 is 1.62 bits per heavy atom. The van der Waals surface area contributed by atoms with Gasteiger partial charge >= 0.3 is 0 Å². The highest BCUT2D eigenvalue weighted by Crippen LogP contribution is 2.40. The third kappa shape index (κ3) is 3.36. The Kier molecular flexibility index (Phi) is 5.19. The molecule has 0 radical (unpaired) electrons. The van der Waals surface area contributed by atoms with Crippen LogP contribution in [0.2, 0.25) is 0 Å². The van der Waals surface area contributed by atoms with Gasteiger partial charge in [-0.3, -0.25) is 9.59 Å². The second-order valence-electron chi connectivity index (χ2n) is 6.34. The van der Waals surface area contributed by atoms with Crippen molar-refractivity contribution >= 4 is 29.0 Å². The summed E-state index contributed by atoms with van der Waals surface area (Å²) in [4.78, 5) is 26.5. The highest BCUT2D eigenvalue weighted by molar-refractivity contribution is 7.80. The van der Waals surface area contributed by atoms with E-state index in [9.17, 15) is 9.59 Å². The van der Waals surface area contributed by atoms with Crippen LogP contribution in [0.5, 0.6) is 0 Å². The fourth-order valence-corrected chi connectivity index (χ4v) is 4.04. The molecule has 2 rings (SSSR count). The third-order valence-electron chi connectivity index (χ3n) is 4.94. The molecule has 2 fully saturated rings. The molecular formula is C15H25N3O2S. The van der Waals surface area contributed by atoms with E-state index in [1.165, 1.54) is 0 Å². The molecule has 0 aromatic carbocycles. The summed E-state index contributed by atoms with van der Waals surface area (Å²) in [6.07, 6.45) is 8.47. The number of nitrogens with zero attached hydrogens (tertiary/aromatic N) is 1. The first-order chi connectivity index (χ1) is 9.97. The van der Waals surface area contributed by atoms with Gasteiger partial charge in [-0.1, -0.05) is 44.3 Å². The van der Waals surface area contributed by atoms with E-state index in [-0.39, 0.29) is 23.5 Å². The van der Waals surface area contributed by atoms with Gasteiger partial charge in [0.05, 0.1) is 16.9 Å². The number of nitrogens with two attached hydrogens (primary N) is 2. The molecule has 2 aliphatic carbocycles. The van der Waals surface area contributed by atoms with Crippen LogP contribution in [0.4, 0.5) is 0 Å². The first-order valence-corrected chi connectivity index (χ1v) is 8.27. The summed E-state index contributed by atoms with van der Waals surface area (Å²) in [5.41, 5.74) is 10.5. The molecule has 0 bridgehead atoms. The van der Waals surface area contributed by atoms with Crippen molar-refractivity contribution < 1.29 is 9.59 Å². The highest BCUT2D eigenvalue weighted by Gasteiger charge is 2.46. The lowest BCUT2D eigenvalue weighted by Crippen LogP contribution is -2.55. The van der Waals surface area contributed by atoms with E-state index >= 15 is 0 Å². The van der Waals surface area contributed by atoms with Crippen molar-refractivity contribution in [1.29, 1.82) is 0 Å². The summed E-state index contributed by atoms with van der Waals surface area (Å²) < 4.78 is 0. The number of amides is 2. The standard InChI is InChI=1S/C15H25N3O2S/c16-12(19)10-18(11-6-2-3-7-11)14(20)15(13(17)21)8-4-1-5-9-15/h11H,1-10H2,(H2,16,19)(H2,17,21). The lowest BCUT2D eigenvalue weighted by Gasteiger charge is -2.40. The normalized spacial score (nSPS) is 21.9. The van der Waals surface area contributed by atoms with E-state index < -0.39 is 11.3 Å². The Hall–Kier alpha value is -1.17. The molecule has 0 atom stereocenters. The minimum absolute atomic E-state index is 0.0200. The van der Waals surface area contributed by atoms with Gasteiger partial charge in [0.25, 0.3) is 0 Å². The van der Waals surface area contributed by atoms with Crippen LogP contribution >= 0.6 is 12.2 Å². The van der Waals surface area contributed by atoms with Gasteiger partial charge in [0, 0.05) is 6.04 Å². The zero-order chi connectivity index (χ0) is 15.5. The van der Waals surface area contributed by atoms with E-state index in [2.05, 4.69) is 0 Å². The minimum atomic E-state index is -0.758. The largest absolute Gasteiger partial charge is 0.392 e. The highest BCUT2D eigenvalue weighted by atomic mass is 32.1. The quantitative estimate of drug-likeness (QED) is 0.753. The molecule has 0 heterocycles. The zero-order valence-electron chi connectivity index (χ0n) is 12.5. The van der Waals surface area contributed by atoms with Crippen LogP contribution in [-0.4, -0.2) is 34.3 Å². The van der Waals surface area contributed by atoms with Gasteiger partial charge in [0.15, 0.2) is 0 Å². The van der Waals surface area contributed by atoms with Crippen LogP contribution in [0.3, 0.4) is 0 Å². The maximum absolute atomic E-state index is 13.1. The van der Waals surface area contributed by atoms with Gasteiger partial charge < -0.3 is 16.4 Å². The van der Waals surface area contributed by atoms with Crippen molar-refractivity contribution in [2.24, 2.45) is 16.9 Å². The molecule has 2 aliphatic rings. The number of primary amides is 1. The Morgan fingerprint density at radius 1 is 1.05 bits per heavy atom. The van der Waals surface area contributed by atoms with E-state index in [1.54, 1.807) is 4.90 Å². The molecule has 5 nitrogen and oxygen atoms in total. The lowest BCUT2D eigenvalue weighted by atomic mass is 9.72. The summed E-state index contributed by atoms with van der Waals surface area (Å²) in [6.45, 7) is -0.0200. The average molecular weight is 311 g/mol. The molecule has 0 aromatic rings. The molecule has 4 N–H and O–H groups in total. The van der Waals surface area contributed by atoms with Gasteiger partial charge in [-0.05, 0) is 25.7 Å². The number of carbonyl (C=O) groups excluding carboxylic acids is 2. The summed E-state index contributed by atoms with van der Waals surface area (Å²) in [5.74, 6) is -0.537.